The standard InChI is InChI=1S/C12H13ClN2O5S/c1-7-2-8(4-9(3-7)15(17)18)12(16)14-11-6-21(19,20)5-10(11)13/h2-4,10-11H,5-6H2,1H3,(H,14,16). The fourth-order valence-corrected chi connectivity index (χ4v) is 4.74. The second kappa shape index (κ2) is 5.61. The van der Waals surface area contributed by atoms with Crippen molar-refractivity contribution in [2.75, 3.05) is 11.5 Å². The number of benzene rings is 1. The van der Waals surface area contributed by atoms with Crippen LogP contribution in [0.4, 0.5) is 5.69 Å². The third kappa shape index (κ3) is 3.70. The molecule has 2 rings (SSSR count). The minimum absolute atomic E-state index is 0.106. The van der Waals surface area contributed by atoms with Crippen LogP contribution in [0.1, 0.15) is 15.9 Å². The van der Waals surface area contributed by atoms with E-state index < -0.39 is 32.1 Å². The van der Waals surface area contributed by atoms with E-state index in [4.69, 9.17) is 11.6 Å². The fraction of sp³-hybridized carbons (Fsp3) is 0.417. The van der Waals surface area contributed by atoms with Crippen molar-refractivity contribution in [3.8, 4) is 0 Å². The third-order valence-corrected chi connectivity index (χ3v) is 5.51. The predicted octanol–water partition coefficient (Wildman–Crippen LogP) is 1.04. The third-order valence-electron chi connectivity index (χ3n) is 3.13. The van der Waals surface area contributed by atoms with Gasteiger partial charge < -0.3 is 5.32 Å². The van der Waals surface area contributed by atoms with Crippen molar-refractivity contribution in [3.63, 3.8) is 0 Å². The van der Waals surface area contributed by atoms with E-state index in [0.717, 1.165) is 6.07 Å². The first-order valence-electron chi connectivity index (χ1n) is 6.09. The fourth-order valence-electron chi connectivity index (χ4n) is 2.19. The van der Waals surface area contributed by atoms with E-state index in [1.165, 1.54) is 12.1 Å². The lowest BCUT2D eigenvalue weighted by Gasteiger charge is -2.14. The summed E-state index contributed by atoms with van der Waals surface area (Å²) in [5, 5.41) is 12.6. The summed E-state index contributed by atoms with van der Waals surface area (Å²) in [5.74, 6) is -0.983. The van der Waals surface area contributed by atoms with Crippen LogP contribution in [0.2, 0.25) is 0 Å². The van der Waals surface area contributed by atoms with Crippen molar-refractivity contribution in [1.82, 2.24) is 5.32 Å². The van der Waals surface area contributed by atoms with Gasteiger partial charge in [-0.3, -0.25) is 14.9 Å². The van der Waals surface area contributed by atoms with Crippen LogP contribution in [0, 0.1) is 17.0 Å². The van der Waals surface area contributed by atoms with Crippen molar-refractivity contribution in [2.45, 2.75) is 18.3 Å². The molecular weight excluding hydrogens is 320 g/mol. The highest BCUT2D eigenvalue weighted by atomic mass is 35.5. The van der Waals surface area contributed by atoms with Gasteiger partial charge in [-0.15, -0.1) is 11.6 Å². The summed E-state index contributed by atoms with van der Waals surface area (Å²) in [4.78, 5) is 22.3. The van der Waals surface area contributed by atoms with E-state index in [9.17, 15) is 23.3 Å². The maximum atomic E-state index is 12.1. The lowest BCUT2D eigenvalue weighted by molar-refractivity contribution is -0.384. The topological polar surface area (TPSA) is 106 Å². The molecule has 1 saturated heterocycles. The molecule has 1 fully saturated rings. The van der Waals surface area contributed by atoms with Gasteiger partial charge in [-0.2, -0.15) is 0 Å². The summed E-state index contributed by atoms with van der Waals surface area (Å²) in [6.45, 7) is 1.63. The van der Waals surface area contributed by atoms with E-state index >= 15 is 0 Å². The van der Waals surface area contributed by atoms with Crippen LogP contribution in [-0.2, 0) is 9.84 Å². The Kier molecular flexibility index (Phi) is 4.20. The van der Waals surface area contributed by atoms with Gasteiger partial charge in [0.1, 0.15) is 0 Å². The minimum atomic E-state index is -3.26. The maximum absolute atomic E-state index is 12.1. The maximum Gasteiger partial charge on any atom is 0.270 e. The van der Waals surface area contributed by atoms with Crippen molar-refractivity contribution >= 4 is 33.0 Å². The van der Waals surface area contributed by atoms with Gasteiger partial charge >= 0.3 is 0 Å². The monoisotopic (exact) mass is 332 g/mol. The molecule has 0 aliphatic carbocycles. The van der Waals surface area contributed by atoms with Gasteiger partial charge in [-0.25, -0.2) is 8.42 Å². The molecule has 1 aliphatic heterocycles. The zero-order valence-electron chi connectivity index (χ0n) is 11.1. The molecule has 21 heavy (non-hydrogen) atoms. The molecule has 0 aromatic heterocycles. The SMILES string of the molecule is Cc1cc(C(=O)NC2CS(=O)(=O)CC2Cl)cc([N+](=O)[O-])c1. The number of sulfone groups is 1. The van der Waals surface area contributed by atoms with Gasteiger partial charge in [0, 0.05) is 17.7 Å². The molecule has 2 unspecified atom stereocenters. The minimum Gasteiger partial charge on any atom is -0.347 e. The molecule has 0 spiro atoms. The molecule has 1 amide bonds. The van der Waals surface area contributed by atoms with Crippen molar-refractivity contribution in [3.05, 3.63) is 39.4 Å². The summed E-state index contributed by atoms with van der Waals surface area (Å²) < 4.78 is 22.9. The van der Waals surface area contributed by atoms with Crippen LogP contribution < -0.4 is 5.32 Å². The van der Waals surface area contributed by atoms with Crippen LogP contribution in [0.15, 0.2) is 18.2 Å². The van der Waals surface area contributed by atoms with Crippen LogP contribution in [0.5, 0.6) is 0 Å². The van der Waals surface area contributed by atoms with Gasteiger partial charge in [0.25, 0.3) is 11.6 Å². The summed E-state index contributed by atoms with van der Waals surface area (Å²) in [6, 6.07) is 3.30. The lowest BCUT2D eigenvalue weighted by atomic mass is 10.1. The predicted molar refractivity (Wildman–Crippen MR) is 77.4 cm³/mol. The first-order valence-corrected chi connectivity index (χ1v) is 8.35. The number of carbonyl (C=O) groups is 1. The summed E-state index contributed by atoms with van der Waals surface area (Å²) >= 11 is 5.91. The number of hydrogen-bond donors (Lipinski definition) is 1. The Hall–Kier alpha value is -1.67. The van der Waals surface area contributed by atoms with E-state index in [2.05, 4.69) is 5.32 Å². The molecule has 7 nitrogen and oxygen atoms in total. The Labute approximate surface area is 126 Å². The molecule has 1 aromatic rings. The number of non-ortho nitro benzene ring substituents is 1. The number of alkyl halides is 1. The number of carbonyl (C=O) groups excluding carboxylic acids is 1. The summed E-state index contributed by atoms with van der Waals surface area (Å²) in [6.07, 6.45) is 0. The zero-order valence-corrected chi connectivity index (χ0v) is 12.6. The molecule has 2 atom stereocenters. The average molecular weight is 333 g/mol. The molecule has 114 valence electrons. The number of halogens is 1. The number of aryl methyl sites for hydroxylation is 1. The van der Waals surface area contributed by atoms with Gasteiger partial charge in [0.2, 0.25) is 0 Å². The molecule has 1 N–H and O–H groups in total. The number of nitrogens with zero attached hydrogens (tertiary/aromatic N) is 1. The largest absolute Gasteiger partial charge is 0.347 e. The second-order valence-corrected chi connectivity index (χ2v) is 7.70. The second-order valence-electron chi connectivity index (χ2n) is 4.99. The number of nitro benzene ring substituents is 1. The van der Waals surface area contributed by atoms with Crippen molar-refractivity contribution < 1.29 is 18.1 Å². The van der Waals surface area contributed by atoms with E-state index in [0.29, 0.717) is 5.56 Å². The highest BCUT2D eigenvalue weighted by Gasteiger charge is 2.37. The smallest absolute Gasteiger partial charge is 0.270 e. The molecule has 1 aromatic carbocycles. The highest BCUT2D eigenvalue weighted by Crippen LogP contribution is 2.20. The number of nitro groups is 1. The Morgan fingerprint density at radius 2 is 2.05 bits per heavy atom. The van der Waals surface area contributed by atoms with Crippen molar-refractivity contribution in [1.29, 1.82) is 0 Å². The molecule has 9 heteroatoms. The molecule has 0 saturated carbocycles. The number of rotatable bonds is 3. The molecular formula is C12H13ClN2O5S. The van der Waals surface area contributed by atoms with Gasteiger partial charge in [-0.05, 0) is 18.6 Å². The zero-order chi connectivity index (χ0) is 15.8. The van der Waals surface area contributed by atoms with Crippen LogP contribution >= 0.6 is 11.6 Å². The molecule has 0 radical (unpaired) electrons. The Balaban J connectivity index is 2.20. The quantitative estimate of drug-likeness (QED) is 0.505. The number of hydrogen-bond acceptors (Lipinski definition) is 5. The highest BCUT2D eigenvalue weighted by molar-refractivity contribution is 7.91. The average Bonchev–Trinajstić information content (AvgIpc) is 2.61. The Morgan fingerprint density at radius 3 is 2.57 bits per heavy atom. The normalized spacial score (nSPS) is 23.7. The molecule has 0 bridgehead atoms. The number of amides is 1. The number of nitrogens with one attached hydrogen (secondary N) is 1. The van der Waals surface area contributed by atoms with Crippen molar-refractivity contribution in [2.24, 2.45) is 0 Å². The first-order chi connectivity index (χ1) is 9.68. The van der Waals surface area contributed by atoms with E-state index in [1.807, 2.05) is 0 Å². The molecule has 1 heterocycles. The van der Waals surface area contributed by atoms with E-state index in [-0.39, 0.29) is 22.8 Å². The van der Waals surface area contributed by atoms with Crippen LogP contribution in [0.25, 0.3) is 0 Å². The lowest BCUT2D eigenvalue weighted by Crippen LogP contribution is -2.40. The Morgan fingerprint density at radius 1 is 1.38 bits per heavy atom. The van der Waals surface area contributed by atoms with Gasteiger partial charge in [0.05, 0.1) is 27.8 Å². The molecule has 1 aliphatic rings. The summed E-state index contributed by atoms with van der Waals surface area (Å²) in [5.41, 5.74) is 0.479. The van der Waals surface area contributed by atoms with E-state index in [1.54, 1.807) is 6.92 Å². The first kappa shape index (κ1) is 15.7. The summed E-state index contributed by atoms with van der Waals surface area (Å²) in [7, 11) is -3.26. The van der Waals surface area contributed by atoms with Crippen LogP contribution in [0.3, 0.4) is 0 Å². The van der Waals surface area contributed by atoms with Crippen LogP contribution in [-0.4, -0.2) is 42.2 Å². The Bertz CT molecular complexity index is 704. The van der Waals surface area contributed by atoms with Gasteiger partial charge in [0.15, 0.2) is 9.84 Å². The van der Waals surface area contributed by atoms with Gasteiger partial charge in [-0.1, -0.05) is 0 Å².